The Morgan fingerprint density at radius 2 is 0.840 bits per heavy atom. The monoisotopic (exact) mass is 975 g/mol. The predicted molar refractivity (Wildman–Crippen MR) is 323 cm³/mol. The average Bonchev–Trinajstić information content (AvgIpc) is 4.31. The number of hydrogen-bond donors (Lipinski definition) is 0. The Bertz CT molecular complexity index is 4100. The fraction of sp³-hybridized carbons (Fsp3) is 0.0685. The van der Waals surface area contributed by atoms with Gasteiger partial charge < -0.3 is 4.90 Å². The molecular weight excluding hydrogens is 923 g/mol. The lowest BCUT2D eigenvalue weighted by Crippen LogP contribution is -2.21. The fourth-order valence-corrected chi connectivity index (χ4v) is 13.5. The van der Waals surface area contributed by atoms with E-state index in [0.29, 0.717) is 0 Å². The number of benzene rings is 11. The SMILES string of the molecule is C(=C\c1ccc2c(c1)C1(CCCC1)c1cc(N(c3ccccc3)c3ccccc3)ccc1-2)/c1ccc(/C=C/c2ccc(-c3cc(-c4ccccc4)c4c5ccccc5c5ccccc5c4c3-c3ccccc3)s2)cc1. The first kappa shape index (κ1) is 44.8. The van der Waals surface area contributed by atoms with Gasteiger partial charge in [-0.05, 0) is 167 Å². The number of anilines is 3. The van der Waals surface area contributed by atoms with Crippen molar-refractivity contribution in [3.05, 3.63) is 281 Å². The van der Waals surface area contributed by atoms with Crippen LogP contribution in [0.2, 0.25) is 0 Å². The van der Waals surface area contributed by atoms with Crippen molar-refractivity contribution < 1.29 is 0 Å². The Kier molecular flexibility index (Phi) is 11.3. The fourth-order valence-electron chi connectivity index (χ4n) is 12.6. The molecule has 75 heavy (non-hydrogen) atoms. The van der Waals surface area contributed by atoms with Crippen LogP contribution in [0, 0.1) is 0 Å². The molecule has 11 aromatic carbocycles. The van der Waals surface area contributed by atoms with Crippen LogP contribution in [0.3, 0.4) is 0 Å². The van der Waals surface area contributed by atoms with Crippen LogP contribution in [0.5, 0.6) is 0 Å². The van der Waals surface area contributed by atoms with E-state index in [0.717, 1.165) is 0 Å². The van der Waals surface area contributed by atoms with Crippen LogP contribution >= 0.6 is 11.3 Å². The summed E-state index contributed by atoms with van der Waals surface area (Å²) in [6.07, 6.45) is 14.0. The molecule has 0 unspecified atom stereocenters. The molecule has 1 nitrogen and oxygen atoms in total. The summed E-state index contributed by atoms with van der Waals surface area (Å²) in [6.45, 7) is 0. The maximum Gasteiger partial charge on any atom is 0.0465 e. The minimum Gasteiger partial charge on any atom is -0.310 e. The highest BCUT2D eigenvalue weighted by Crippen LogP contribution is 2.58. The Hall–Kier alpha value is -8.82. The number of thiophene rings is 1. The second kappa shape index (κ2) is 18.9. The zero-order chi connectivity index (χ0) is 49.7. The van der Waals surface area contributed by atoms with Gasteiger partial charge in [-0.15, -0.1) is 11.3 Å². The Morgan fingerprint density at radius 3 is 1.47 bits per heavy atom. The molecule has 0 saturated heterocycles. The number of fused-ring (bicyclic) bond motifs is 11. The lowest BCUT2D eigenvalue weighted by atomic mass is 9.76. The molecule has 0 amide bonds. The lowest BCUT2D eigenvalue weighted by Gasteiger charge is -2.30. The number of nitrogens with zero attached hydrogens (tertiary/aromatic N) is 1. The van der Waals surface area contributed by atoms with E-state index >= 15 is 0 Å². The normalized spacial score (nSPS) is 13.7. The van der Waals surface area contributed by atoms with E-state index in [-0.39, 0.29) is 5.41 Å². The molecule has 1 spiro atoms. The van der Waals surface area contributed by atoms with Gasteiger partial charge in [0.15, 0.2) is 0 Å². The summed E-state index contributed by atoms with van der Waals surface area (Å²) in [5, 5.41) is 7.72. The van der Waals surface area contributed by atoms with Crippen molar-refractivity contribution in [2.24, 2.45) is 0 Å². The highest BCUT2D eigenvalue weighted by molar-refractivity contribution is 7.16. The molecule has 1 saturated carbocycles. The van der Waals surface area contributed by atoms with Gasteiger partial charge in [-0.1, -0.05) is 225 Å². The second-order valence-electron chi connectivity index (χ2n) is 20.3. The van der Waals surface area contributed by atoms with E-state index in [1.807, 2.05) is 11.3 Å². The van der Waals surface area contributed by atoms with Crippen LogP contribution in [-0.2, 0) is 5.41 Å². The molecule has 14 rings (SSSR count). The highest BCUT2D eigenvalue weighted by Gasteiger charge is 2.45. The summed E-state index contributed by atoms with van der Waals surface area (Å²) in [7, 11) is 0. The van der Waals surface area contributed by atoms with E-state index in [2.05, 4.69) is 278 Å². The predicted octanol–water partition coefficient (Wildman–Crippen LogP) is 20.9. The number of para-hydroxylation sites is 2. The maximum absolute atomic E-state index is 2.50. The molecule has 0 bridgehead atoms. The van der Waals surface area contributed by atoms with Gasteiger partial charge in [-0.3, -0.25) is 0 Å². The third-order valence-electron chi connectivity index (χ3n) is 16.0. The molecule has 2 aliphatic carbocycles. The molecule has 1 aromatic heterocycles. The number of hydrogen-bond acceptors (Lipinski definition) is 2. The van der Waals surface area contributed by atoms with Crippen molar-refractivity contribution in [3.8, 4) is 43.8 Å². The summed E-state index contributed by atoms with van der Waals surface area (Å²) in [4.78, 5) is 4.87. The van der Waals surface area contributed by atoms with Crippen molar-refractivity contribution >= 4 is 85.0 Å². The van der Waals surface area contributed by atoms with Gasteiger partial charge in [0, 0.05) is 37.8 Å². The van der Waals surface area contributed by atoms with Gasteiger partial charge in [0.1, 0.15) is 0 Å². The highest BCUT2D eigenvalue weighted by atomic mass is 32.1. The van der Waals surface area contributed by atoms with Crippen molar-refractivity contribution in [3.63, 3.8) is 0 Å². The van der Waals surface area contributed by atoms with Gasteiger partial charge in [0.05, 0.1) is 0 Å². The lowest BCUT2D eigenvalue weighted by molar-refractivity contribution is 0.550. The standard InChI is InChI=1S/C73H53NS/c1-5-19-53(20-6-1)65-49-66(70(54-21-7-2-8-22-54)72-64-30-16-14-28-60(64)59-27-13-15-29-63(59)71(65)72)69-44-41-58(75-69)40-37-51-33-31-50(32-34-51)35-36-52-38-42-61-62-43-39-57(48-68(62)73(67(61)47-52)45-17-18-46-73)74(55-23-9-3-10-24-55)56-25-11-4-12-26-56/h1-16,19-44,47-49H,17-18,45-46H2/b36-35+,40-37+. The van der Waals surface area contributed by atoms with E-state index in [1.54, 1.807) is 0 Å². The zero-order valence-corrected chi connectivity index (χ0v) is 42.5. The quantitative estimate of drug-likeness (QED) is 0.0975. The molecule has 1 heterocycles. The van der Waals surface area contributed by atoms with Crippen molar-refractivity contribution in [2.45, 2.75) is 31.1 Å². The van der Waals surface area contributed by atoms with Crippen molar-refractivity contribution in [1.29, 1.82) is 0 Å². The summed E-state index contributed by atoms with van der Waals surface area (Å²) in [5.41, 5.74) is 19.2. The van der Waals surface area contributed by atoms with Gasteiger partial charge in [-0.2, -0.15) is 0 Å². The van der Waals surface area contributed by atoms with Crippen LogP contribution < -0.4 is 4.90 Å². The summed E-state index contributed by atoms with van der Waals surface area (Å²) in [6, 6.07) is 91.8. The average molecular weight is 976 g/mol. The Morgan fingerprint density at radius 1 is 0.347 bits per heavy atom. The smallest absolute Gasteiger partial charge is 0.0465 e. The molecule has 2 aliphatic rings. The summed E-state index contributed by atoms with van der Waals surface area (Å²) in [5.74, 6) is 0. The van der Waals surface area contributed by atoms with Crippen LogP contribution in [0.4, 0.5) is 17.1 Å². The Labute approximate surface area is 443 Å². The molecule has 2 heteroatoms. The first-order valence-electron chi connectivity index (χ1n) is 26.4. The summed E-state index contributed by atoms with van der Waals surface area (Å²) >= 11 is 1.86. The molecule has 12 aromatic rings. The molecule has 1 fully saturated rings. The minimum absolute atomic E-state index is 0.0376. The Balaban J connectivity index is 0.761. The van der Waals surface area contributed by atoms with Crippen LogP contribution in [0.25, 0.3) is 100 Å². The van der Waals surface area contributed by atoms with Gasteiger partial charge in [0.25, 0.3) is 0 Å². The van der Waals surface area contributed by atoms with Gasteiger partial charge >= 0.3 is 0 Å². The van der Waals surface area contributed by atoms with E-state index in [4.69, 9.17) is 0 Å². The molecule has 0 radical (unpaired) electrons. The van der Waals surface area contributed by atoms with Crippen molar-refractivity contribution in [1.82, 2.24) is 0 Å². The topological polar surface area (TPSA) is 3.24 Å². The molecule has 0 atom stereocenters. The van der Waals surface area contributed by atoms with E-state index in [1.165, 1.54) is 152 Å². The maximum atomic E-state index is 2.50. The number of rotatable bonds is 10. The first-order valence-corrected chi connectivity index (χ1v) is 27.3. The van der Waals surface area contributed by atoms with Gasteiger partial charge in [-0.25, -0.2) is 0 Å². The zero-order valence-electron chi connectivity index (χ0n) is 41.7. The molecular formula is C73H53NS. The first-order chi connectivity index (χ1) is 37.2. The second-order valence-corrected chi connectivity index (χ2v) is 21.4. The molecule has 0 N–H and O–H groups in total. The minimum atomic E-state index is 0.0376. The largest absolute Gasteiger partial charge is 0.310 e. The van der Waals surface area contributed by atoms with Crippen LogP contribution in [0.1, 0.15) is 58.4 Å². The summed E-state index contributed by atoms with van der Waals surface area (Å²) < 4.78 is 0. The molecule has 356 valence electrons. The molecule has 0 aliphatic heterocycles. The van der Waals surface area contributed by atoms with Crippen LogP contribution in [0.15, 0.2) is 249 Å². The third-order valence-corrected chi connectivity index (χ3v) is 17.1. The van der Waals surface area contributed by atoms with E-state index in [9.17, 15) is 0 Å². The third kappa shape index (κ3) is 7.93. The van der Waals surface area contributed by atoms with Crippen LogP contribution in [-0.4, -0.2) is 0 Å². The van der Waals surface area contributed by atoms with Gasteiger partial charge in [0.2, 0.25) is 0 Å². The van der Waals surface area contributed by atoms with E-state index < -0.39 is 0 Å². The van der Waals surface area contributed by atoms with Crippen molar-refractivity contribution in [2.75, 3.05) is 4.90 Å².